The number of likely N-dealkylation sites (N-methyl/N-ethyl adjacent to an activating group) is 2. The van der Waals surface area contributed by atoms with Crippen molar-refractivity contribution >= 4 is 17.7 Å². The van der Waals surface area contributed by atoms with Gasteiger partial charge in [0.25, 0.3) is 0 Å². The number of carbonyl (C=O) groups is 2. The Balaban J connectivity index is 1.08. The van der Waals surface area contributed by atoms with Gasteiger partial charge in [-0.05, 0) is 106 Å². The first-order valence-corrected chi connectivity index (χ1v) is 27.3. The van der Waals surface area contributed by atoms with Crippen LogP contribution in [0.5, 0.6) is 0 Å². The maximum atomic E-state index is 15.1. The first-order valence-electron chi connectivity index (χ1n) is 27.3. The predicted molar refractivity (Wildman–Crippen MR) is 279 cm³/mol. The Morgan fingerprint density at radius 2 is 1.68 bits per heavy atom. The molecule has 7 rings (SSSR count). The smallest absolute Gasteiger partial charge is 0.414 e. The van der Waals surface area contributed by atoms with Crippen molar-refractivity contribution < 1.29 is 77.2 Å². The number of benzene rings is 1. The van der Waals surface area contributed by atoms with Gasteiger partial charge in [-0.1, -0.05) is 31.1 Å². The van der Waals surface area contributed by atoms with Gasteiger partial charge in [-0.25, -0.2) is 13.9 Å². The van der Waals surface area contributed by atoms with Crippen LogP contribution in [0.3, 0.4) is 0 Å². The van der Waals surface area contributed by atoms with Gasteiger partial charge < -0.3 is 73.0 Å². The first kappa shape index (κ1) is 61.3. The number of rotatable bonds is 14. The van der Waals surface area contributed by atoms with Gasteiger partial charge in [0.15, 0.2) is 12.6 Å². The Hall–Kier alpha value is -4.31. The van der Waals surface area contributed by atoms with Crippen molar-refractivity contribution in [3.05, 3.63) is 41.8 Å². The predicted octanol–water partition coefficient (Wildman–Crippen LogP) is 3.63. The molecule has 24 heteroatoms. The van der Waals surface area contributed by atoms with E-state index in [0.29, 0.717) is 43.2 Å². The fourth-order valence-corrected chi connectivity index (χ4v) is 12.0. The van der Waals surface area contributed by atoms with Crippen LogP contribution in [0.1, 0.15) is 107 Å². The third kappa shape index (κ3) is 13.5. The fraction of sp³-hybridized carbons (Fsp3) is 0.778. The monoisotopic (exact) mass is 1100 g/mol. The van der Waals surface area contributed by atoms with Crippen LogP contribution < -0.4 is 4.90 Å². The van der Waals surface area contributed by atoms with E-state index in [1.54, 1.807) is 72.3 Å². The summed E-state index contributed by atoms with van der Waals surface area (Å²) in [6.45, 7) is 20.1. The standard InChI is InChI=1S/C54H85FN8O15/c1-15-41-54(11,70)45(65)32(6)61(13)24-28(2)22-52(9,69)47(30(4)44(31(5)49(67)75-41)76-42-23-53(10,71-14)46(66)33(7)73-42)77-50-43(64)40(20-29(3)72-50)60(12)19-18-35-25-62(59-57-35)26-37-27-63(51(68)74-37)36-16-17-38(39(55)21-36)48-56-34(8)78-58-48/h16-17,21,25,28-33,37,40-47,50,64-66,69-70H,15,18-20,22-24,26-27H2,1-14H3/t28-,29-,30+,31-,32-,33+,37+,40+,41-,42+,43-,44+,45-,46+,47-,50+,52-,53-,54-/m1/s1. The molecule has 4 aliphatic heterocycles. The molecule has 1 amide bonds. The number of hydrogen-bond acceptors (Lipinski definition) is 21. The quantitative estimate of drug-likeness (QED) is 0.144. The Kier molecular flexibility index (Phi) is 19.5. The Bertz CT molecular complexity index is 2480. The maximum Gasteiger partial charge on any atom is 0.414 e. The molecular formula is C54H85FN8O15. The highest BCUT2D eigenvalue weighted by molar-refractivity contribution is 5.90. The van der Waals surface area contributed by atoms with Gasteiger partial charge in [0.05, 0.1) is 71.6 Å². The third-order valence-corrected chi connectivity index (χ3v) is 16.7. The molecule has 6 heterocycles. The van der Waals surface area contributed by atoms with Crippen LogP contribution in [0.2, 0.25) is 0 Å². The van der Waals surface area contributed by atoms with E-state index < -0.39 is 126 Å². The number of aliphatic hydroxyl groups is 5. The molecule has 2 aromatic heterocycles. The molecule has 0 saturated carbocycles. The van der Waals surface area contributed by atoms with Gasteiger partial charge in [0.2, 0.25) is 11.7 Å². The highest BCUT2D eigenvalue weighted by atomic mass is 19.1. The molecule has 438 valence electrons. The van der Waals surface area contributed by atoms with Gasteiger partial charge in [0.1, 0.15) is 41.9 Å². The zero-order valence-corrected chi connectivity index (χ0v) is 47.7. The summed E-state index contributed by atoms with van der Waals surface area (Å²) in [5.74, 6) is -3.14. The number of aryl methyl sites for hydroxylation is 1. The molecule has 1 aromatic carbocycles. The Morgan fingerprint density at radius 3 is 2.33 bits per heavy atom. The van der Waals surface area contributed by atoms with Crippen molar-refractivity contribution in [2.45, 2.75) is 211 Å². The number of aliphatic hydroxyl groups excluding tert-OH is 3. The molecular weight excluding hydrogens is 1020 g/mol. The molecule has 0 unspecified atom stereocenters. The molecule has 0 spiro atoms. The Morgan fingerprint density at radius 1 is 0.962 bits per heavy atom. The zero-order chi connectivity index (χ0) is 57.3. The number of cyclic esters (lactones) is 2. The second-order valence-corrected chi connectivity index (χ2v) is 23.3. The molecule has 19 atom stereocenters. The van der Waals surface area contributed by atoms with Crippen LogP contribution in [0.4, 0.5) is 14.9 Å². The fourth-order valence-electron chi connectivity index (χ4n) is 12.0. The highest BCUT2D eigenvalue weighted by Crippen LogP contribution is 2.41. The summed E-state index contributed by atoms with van der Waals surface area (Å²) in [5, 5.41) is 72.3. The van der Waals surface area contributed by atoms with Gasteiger partial charge in [-0.3, -0.25) is 9.69 Å². The molecule has 78 heavy (non-hydrogen) atoms. The minimum atomic E-state index is -1.86. The summed E-state index contributed by atoms with van der Waals surface area (Å²) in [6, 6.07) is 3.20. The van der Waals surface area contributed by atoms with E-state index in [1.807, 2.05) is 37.7 Å². The third-order valence-electron chi connectivity index (χ3n) is 16.7. The molecule has 0 bridgehead atoms. The summed E-state index contributed by atoms with van der Waals surface area (Å²) in [7, 11) is 5.19. The summed E-state index contributed by atoms with van der Waals surface area (Å²) in [6.07, 6.45) is -8.61. The minimum absolute atomic E-state index is 0.0762. The van der Waals surface area contributed by atoms with E-state index in [9.17, 15) is 35.1 Å². The number of anilines is 1. The number of aromatic nitrogens is 5. The van der Waals surface area contributed by atoms with Crippen molar-refractivity contribution in [1.29, 1.82) is 0 Å². The van der Waals surface area contributed by atoms with Gasteiger partial charge in [-0.2, -0.15) is 4.98 Å². The number of hydrogen-bond donors (Lipinski definition) is 5. The molecule has 0 radical (unpaired) electrons. The molecule has 4 saturated heterocycles. The number of esters is 1. The van der Waals surface area contributed by atoms with Crippen LogP contribution in [0.15, 0.2) is 28.9 Å². The molecule has 0 aliphatic carbocycles. The van der Waals surface area contributed by atoms with Crippen molar-refractivity contribution in [1.82, 2.24) is 34.9 Å². The van der Waals surface area contributed by atoms with Gasteiger partial charge in [0, 0.05) is 64.2 Å². The lowest BCUT2D eigenvalue weighted by atomic mass is 9.77. The molecule has 4 fully saturated rings. The van der Waals surface area contributed by atoms with E-state index in [-0.39, 0.29) is 49.7 Å². The number of ether oxygens (including phenoxy) is 7. The van der Waals surface area contributed by atoms with Crippen LogP contribution in [-0.2, 0) is 50.9 Å². The number of carbonyl (C=O) groups excluding carboxylic acids is 2. The summed E-state index contributed by atoms with van der Waals surface area (Å²) < 4.78 is 65.6. The normalized spacial score (nSPS) is 39.0. The van der Waals surface area contributed by atoms with E-state index in [4.69, 9.17) is 37.7 Å². The average Bonchev–Trinajstić information content (AvgIpc) is 4.18. The summed E-state index contributed by atoms with van der Waals surface area (Å²) in [4.78, 5) is 36.8. The lowest BCUT2D eigenvalue weighted by Crippen LogP contribution is -2.61. The van der Waals surface area contributed by atoms with Gasteiger partial charge in [-0.15, -0.1) is 5.10 Å². The van der Waals surface area contributed by atoms with Crippen LogP contribution in [0, 0.1) is 30.5 Å². The van der Waals surface area contributed by atoms with E-state index in [0.717, 1.165) is 0 Å². The lowest BCUT2D eigenvalue weighted by molar-refractivity contribution is -0.318. The van der Waals surface area contributed by atoms with Crippen LogP contribution in [0.25, 0.3) is 11.4 Å². The zero-order valence-electron chi connectivity index (χ0n) is 47.7. The maximum absolute atomic E-state index is 15.1. The highest BCUT2D eigenvalue weighted by Gasteiger charge is 2.53. The van der Waals surface area contributed by atoms with Crippen molar-refractivity contribution in [2.75, 3.05) is 45.7 Å². The average molecular weight is 1110 g/mol. The van der Waals surface area contributed by atoms with Gasteiger partial charge >= 0.3 is 12.1 Å². The number of nitrogens with zero attached hydrogens (tertiary/aromatic N) is 8. The van der Waals surface area contributed by atoms with Crippen molar-refractivity contribution in [2.24, 2.45) is 17.8 Å². The van der Waals surface area contributed by atoms with E-state index in [2.05, 4.69) is 20.5 Å². The summed E-state index contributed by atoms with van der Waals surface area (Å²) >= 11 is 0. The molecule has 3 aromatic rings. The topological polar surface area (TPSA) is 279 Å². The molecule has 5 N–H and O–H groups in total. The van der Waals surface area contributed by atoms with E-state index >= 15 is 4.39 Å². The SMILES string of the molecule is CC[C@H]1OC(=O)[C@H](C)[C@@H](O[C@H]2C[C@@](C)(OC)[C@@H](O)[C@H](C)O2)[C@H](C)[C@@H](O[C@@H]2O[C@H](C)C[C@H](N(C)CCc3cn(C[C@H]4CN(c5ccc(-c6noc(C)n6)c(F)c5)C(=O)O4)nn3)[C@H]2O)[C@](C)(O)C[C@@H](C)CN(C)[C@H](C)[C@@H](O)[C@]1(C)O. The number of methoxy groups -OCH3 is 1. The summed E-state index contributed by atoms with van der Waals surface area (Å²) in [5.41, 5.74) is -3.53. The van der Waals surface area contributed by atoms with Crippen molar-refractivity contribution in [3.8, 4) is 11.4 Å². The largest absolute Gasteiger partial charge is 0.459 e. The second kappa shape index (κ2) is 24.8. The molecule has 23 nitrogen and oxygen atoms in total. The van der Waals surface area contributed by atoms with E-state index in [1.165, 1.54) is 31.1 Å². The second-order valence-electron chi connectivity index (χ2n) is 23.3. The molecule has 4 aliphatic rings. The number of amides is 1. The van der Waals surface area contributed by atoms with Crippen LogP contribution in [-0.4, -0.2) is 210 Å². The van der Waals surface area contributed by atoms with Crippen molar-refractivity contribution in [3.63, 3.8) is 0 Å². The van der Waals surface area contributed by atoms with Crippen LogP contribution >= 0.6 is 0 Å². The lowest BCUT2D eigenvalue weighted by Gasteiger charge is -2.49. The first-order chi connectivity index (χ1) is 36.6. The minimum Gasteiger partial charge on any atom is -0.459 e. The Labute approximate surface area is 456 Å². The number of halogens is 1.